The van der Waals surface area contributed by atoms with Crippen LogP contribution in [0.2, 0.25) is 0 Å². The van der Waals surface area contributed by atoms with Crippen molar-refractivity contribution in [3.05, 3.63) is 18.0 Å². The highest BCUT2D eigenvalue weighted by molar-refractivity contribution is 5.86. The summed E-state index contributed by atoms with van der Waals surface area (Å²) >= 11 is 0. The highest BCUT2D eigenvalue weighted by Crippen LogP contribution is 2.29. The van der Waals surface area contributed by atoms with Crippen LogP contribution in [0.3, 0.4) is 0 Å². The summed E-state index contributed by atoms with van der Waals surface area (Å²) in [6.07, 6.45) is 9.31. The molecule has 6 nitrogen and oxygen atoms in total. The number of aromatic nitrogens is 1. The standard InChI is InChI=1S/C18H29N3O3/c1-20(13-16-8-10-19-24-16)14-18(23)9-5-11-21(17(18)22)12-15-6-3-2-4-7-15/h8,10,15,23H,2-7,9,11-14H2,1H3. The van der Waals surface area contributed by atoms with Crippen molar-refractivity contribution in [2.24, 2.45) is 5.92 Å². The Hall–Kier alpha value is -1.40. The van der Waals surface area contributed by atoms with Crippen LogP contribution in [0.15, 0.2) is 16.8 Å². The van der Waals surface area contributed by atoms with Gasteiger partial charge in [0.05, 0.1) is 12.7 Å². The Kier molecular flexibility index (Phi) is 5.56. The largest absolute Gasteiger partial charge is 0.379 e. The van der Waals surface area contributed by atoms with E-state index in [1.807, 2.05) is 16.8 Å². The van der Waals surface area contributed by atoms with Crippen LogP contribution in [0.25, 0.3) is 0 Å². The van der Waals surface area contributed by atoms with Crippen molar-refractivity contribution in [2.45, 2.75) is 57.1 Å². The van der Waals surface area contributed by atoms with Gasteiger partial charge in [0.15, 0.2) is 11.4 Å². The van der Waals surface area contributed by atoms with Crippen LogP contribution < -0.4 is 0 Å². The zero-order chi connectivity index (χ0) is 17.0. The number of carbonyl (C=O) groups excluding carboxylic acids is 1. The van der Waals surface area contributed by atoms with Crippen molar-refractivity contribution < 1.29 is 14.4 Å². The number of hydrogen-bond acceptors (Lipinski definition) is 5. The summed E-state index contributed by atoms with van der Waals surface area (Å²) in [5.41, 5.74) is -1.28. The first-order valence-corrected chi connectivity index (χ1v) is 9.17. The molecule has 1 aromatic rings. The second-order valence-corrected chi connectivity index (χ2v) is 7.54. The molecule has 2 fully saturated rings. The minimum Gasteiger partial charge on any atom is -0.379 e. The molecule has 3 rings (SSSR count). The van der Waals surface area contributed by atoms with Gasteiger partial charge in [-0.05, 0) is 38.6 Å². The van der Waals surface area contributed by atoms with E-state index in [0.717, 1.165) is 25.3 Å². The Morgan fingerprint density at radius 3 is 2.88 bits per heavy atom. The molecule has 1 aliphatic heterocycles. The van der Waals surface area contributed by atoms with Crippen LogP contribution in [-0.2, 0) is 11.3 Å². The van der Waals surface area contributed by atoms with Gasteiger partial charge in [0.2, 0.25) is 0 Å². The van der Waals surface area contributed by atoms with Gasteiger partial charge in [-0.2, -0.15) is 0 Å². The maximum Gasteiger partial charge on any atom is 0.255 e. The van der Waals surface area contributed by atoms with E-state index in [0.29, 0.717) is 25.4 Å². The molecule has 1 unspecified atom stereocenters. The maximum absolute atomic E-state index is 12.9. The molecule has 0 bridgehead atoms. The maximum atomic E-state index is 12.9. The van der Waals surface area contributed by atoms with E-state index in [4.69, 9.17) is 4.52 Å². The van der Waals surface area contributed by atoms with E-state index in [1.54, 1.807) is 12.3 Å². The summed E-state index contributed by atoms with van der Waals surface area (Å²) in [5, 5.41) is 14.7. The Morgan fingerprint density at radius 1 is 1.38 bits per heavy atom. The van der Waals surface area contributed by atoms with E-state index >= 15 is 0 Å². The SMILES string of the molecule is CN(Cc1ccno1)CC1(O)CCCN(CC2CCCCC2)C1=O. The number of likely N-dealkylation sites (tertiary alicyclic amines) is 1. The van der Waals surface area contributed by atoms with Crippen molar-refractivity contribution in [3.63, 3.8) is 0 Å². The second-order valence-electron chi connectivity index (χ2n) is 7.54. The predicted molar refractivity (Wildman–Crippen MR) is 90.2 cm³/mol. The Labute approximate surface area is 143 Å². The van der Waals surface area contributed by atoms with Gasteiger partial charge < -0.3 is 14.5 Å². The fraction of sp³-hybridized carbons (Fsp3) is 0.778. The number of amides is 1. The lowest BCUT2D eigenvalue weighted by atomic mass is 9.86. The molecule has 6 heteroatoms. The topological polar surface area (TPSA) is 69.8 Å². The summed E-state index contributed by atoms with van der Waals surface area (Å²) in [7, 11) is 1.90. The van der Waals surface area contributed by atoms with Crippen LogP contribution in [0.5, 0.6) is 0 Å². The van der Waals surface area contributed by atoms with Gasteiger partial charge in [-0.15, -0.1) is 0 Å². The van der Waals surface area contributed by atoms with Crippen LogP contribution >= 0.6 is 0 Å². The summed E-state index contributed by atoms with van der Waals surface area (Å²) in [5.74, 6) is 1.25. The summed E-state index contributed by atoms with van der Waals surface area (Å²) < 4.78 is 5.11. The van der Waals surface area contributed by atoms with Crippen molar-refractivity contribution in [1.82, 2.24) is 15.0 Å². The van der Waals surface area contributed by atoms with E-state index < -0.39 is 5.60 Å². The number of piperidine rings is 1. The third kappa shape index (κ3) is 4.16. The third-order valence-corrected chi connectivity index (χ3v) is 5.36. The van der Waals surface area contributed by atoms with Crippen LogP contribution in [-0.4, -0.2) is 58.3 Å². The normalized spacial score (nSPS) is 26.3. The van der Waals surface area contributed by atoms with Crippen molar-refractivity contribution in [1.29, 1.82) is 0 Å². The molecule has 134 valence electrons. The second kappa shape index (κ2) is 7.66. The summed E-state index contributed by atoms with van der Waals surface area (Å²) in [4.78, 5) is 16.7. The van der Waals surface area contributed by atoms with E-state index in [1.165, 1.54) is 32.1 Å². The molecule has 2 heterocycles. The minimum atomic E-state index is -1.28. The number of likely N-dealkylation sites (N-methyl/N-ethyl adjacent to an activating group) is 1. The highest BCUT2D eigenvalue weighted by atomic mass is 16.5. The number of hydrogen-bond donors (Lipinski definition) is 1. The van der Waals surface area contributed by atoms with Gasteiger partial charge in [-0.1, -0.05) is 24.4 Å². The highest BCUT2D eigenvalue weighted by Gasteiger charge is 2.43. The smallest absolute Gasteiger partial charge is 0.255 e. The molecule has 1 saturated heterocycles. The van der Waals surface area contributed by atoms with Gasteiger partial charge >= 0.3 is 0 Å². The van der Waals surface area contributed by atoms with Gasteiger partial charge in [-0.25, -0.2) is 0 Å². The Bertz CT molecular complexity index is 528. The summed E-state index contributed by atoms with van der Waals surface area (Å²) in [6.45, 7) is 2.46. The fourth-order valence-corrected chi connectivity index (χ4v) is 4.16. The lowest BCUT2D eigenvalue weighted by Gasteiger charge is -2.41. The van der Waals surface area contributed by atoms with Crippen molar-refractivity contribution in [3.8, 4) is 0 Å². The zero-order valence-corrected chi connectivity index (χ0v) is 14.6. The van der Waals surface area contributed by atoms with Crippen LogP contribution in [0, 0.1) is 5.92 Å². The van der Waals surface area contributed by atoms with Crippen molar-refractivity contribution >= 4 is 5.91 Å². The van der Waals surface area contributed by atoms with Crippen molar-refractivity contribution in [2.75, 3.05) is 26.7 Å². The number of aliphatic hydroxyl groups is 1. The van der Waals surface area contributed by atoms with Crippen LogP contribution in [0.4, 0.5) is 0 Å². The Balaban J connectivity index is 1.57. The number of nitrogens with zero attached hydrogens (tertiary/aromatic N) is 3. The number of rotatable bonds is 6. The molecular weight excluding hydrogens is 306 g/mol. The average molecular weight is 335 g/mol. The lowest BCUT2D eigenvalue weighted by Crippen LogP contribution is -2.58. The fourth-order valence-electron chi connectivity index (χ4n) is 4.16. The molecule has 1 N–H and O–H groups in total. The first-order valence-electron chi connectivity index (χ1n) is 9.17. The number of carbonyl (C=O) groups is 1. The van der Waals surface area contributed by atoms with Crippen LogP contribution in [0.1, 0.15) is 50.7 Å². The quantitative estimate of drug-likeness (QED) is 0.861. The molecule has 24 heavy (non-hydrogen) atoms. The minimum absolute atomic E-state index is 0.0938. The average Bonchev–Trinajstić information content (AvgIpc) is 3.06. The molecular formula is C18H29N3O3. The lowest BCUT2D eigenvalue weighted by molar-refractivity contribution is -0.160. The molecule has 1 saturated carbocycles. The van der Waals surface area contributed by atoms with E-state index in [-0.39, 0.29) is 5.91 Å². The molecule has 1 aliphatic carbocycles. The first kappa shape index (κ1) is 17.4. The molecule has 0 spiro atoms. The molecule has 0 radical (unpaired) electrons. The van der Waals surface area contributed by atoms with Gasteiger partial charge in [0.25, 0.3) is 5.91 Å². The molecule has 0 aromatic carbocycles. The molecule has 1 aromatic heterocycles. The van der Waals surface area contributed by atoms with Gasteiger partial charge in [0.1, 0.15) is 0 Å². The molecule has 2 aliphatic rings. The van der Waals surface area contributed by atoms with Gasteiger partial charge in [-0.3, -0.25) is 9.69 Å². The zero-order valence-electron chi connectivity index (χ0n) is 14.6. The Morgan fingerprint density at radius 2 is 2.17 bits per heavy atom. The van der Waals surface area contributed by atoms with Gasteiger partial charge in [0, 0.05) is 25.7 Å². The summed E-state index contributed by atoms with van der Waals surface area (Å²) in [6, 6.07) is 1.80. The first-order chi connectivity index (χ1) is 11.6. The third-order valence-electron chi connectivity index (χ3n) is 5.36. The predicted octanol–water partition coefficient (Wildman–Crippen LogP) is 2.04. The molecule has 1 amide bonds. The van der Waals surface area contributed by atoms with E-state index in [2.05, 4.69) is 5.16 Å². The molecule has 1 atom stereocenters. The van der Waals surface area contributed by atoms with E-state index in [9.17, 15) is 9.90 Å². The monoisotopic (exact) mass is 335 g/mol.